The van der Waals surface area contributed by atoms with E-state index < -0.39 is 21.5 Å². The molecule has 1 atom stereocenters. The Bertz CT molecular complexity index is 415. The van der Waals surface area contributed by atoms with Crippen LogP contribution in [0.3, 0.4) is 0 Å². The summed E-state index contributed by atoms with van der Waals surface area (Å²) in [5.41, 5.74) is 4.90. The quantitative estimate of drug-likeness (QED) is 0.688. The van der Waals surface area contributed by atoms with Crippen molar-refractivity contribution in [2.24, 2.45) is 5.73 Å². The first-order chi connectivity index (χ1) is 8.63. The Morgan fingerprint density at radius 3 is 2.42 bits per heavy atom. The van der Waals surface area contributed by atoms with E-state index in [1.54, 1.807) is 7.05 Å². The fourth-order valence-electron chi connectivity index (χ4n) is 2.46. The van der Waals surface area contributed by atoms with Crippen molar-refractivity contribution in [3.8, 4) is 0 Å². The van der Waals surface area contributed by atoms with Gasteiger partial charge >= 0.3 is 0 Å². The van der Waals surface area contributed by atoms with Gasteiger partial charge in [0.05, 0.1) is 17.4 Å². The molecule has 1 unspecified atom stereocenters. The molecule has 6 nitrogen and oxygen atoms in total. The van der Waals surface area contributed by atoms with Crippen molar-refractivity contribution >= 4 is 15.7 Å². The zero-order valence-electron chi connectivity index (χ0n) is 11.6. The summed E-state index contributed by atoms with van der Waals surface area (Å²) in [7, 11) is -1.52. The lowest BCUT2D eigenvalue weighted by atomic mass is 10.0. The molecule has 112 valence electrons. The molecule has 1 saturated carbocycles. The van der Waals surface area contributed by atoms with Crippen molar-refractivity contribution in [2.45, 2.75) is 43.7 Å². The normalized spacial score (nSPS) is 20.2. The lowest BCUT2D eigenvalue weighted by Crippen LogP contribution is -2.48. The van der Waals surface area contributed by atoms with E-state index >= 15 is 0 Å². The van der Waals surface area contributed by atoms with Gasteiger partial charge in [0, 0.05) is 19.8 Å². The van der Waals surface area contributed by atoms with Gasteiger partial charge in [0.25, 0.3) is 0 Å². The molecule has 19 heavy (non-hydrogen) atoms. The van der Waals surface area contributed by atoms with Crippen LogP contribution >= 0.6 is 0 Å². The van der Waals surface area contributed by atoms with Crippen LogP contribution in [0.5, 0.6) is 0 Å². The van der Waals surface area contributed by atoms with E-state index in [1.165, 1.54) is 4.90 Å². The van der Waals surface area contributed by atoms with Crippen molar-refractivity contribution in [3.05, 3.63) is 0 Å². The number of aliphatic hydroxyl groups is 1. The molecule has 3 N–H and O–H groups in total. The maximum Gasteiger partial charge on any atom is 0.239 e. The minimum Gasteiger partial charge on any atom is -0.388 e. The van der Waals surface area contributed by atoms with Crippen LogP contribution in [0.25, 0.3) is 0 Å². The number of amides is 1. The molecule has 0 aromatic heterocycles. The second-order valence-electron chi connectivity index (χ2n) is 5.65. The van der Waals surface area contributed by atoms with E-state index in [0.29, 0.717) is 12.8 Å². The monoisotopic (exact) mass is 292 g/mol. The molecule has 1 amide bonds. The third kappa shape index (κ3) is 5.46. The van der Waals surface area contributed by atoms with E-state index in [0.717, 1.165) is 19.1 Å². The Kier molecular flexibility index (Phi) is 5.34. The van der Waals surface area contributed by atoms with Crippen LogP contribution in [-0.4, -0.2) is 61.6 Å². The summed E-state index contributed by atoms with van der Waals surface area (Å²) in [5.74, 6) is -0.415. The molecule has 0 saturated heterocycles. The van der Waals surface area contributed by atoms with Gasteiger partial charge in [-0.2, -0.15) is 0 Å². The first kappa shape index (κ1) is 16.4. The number of nitrogens with zero attached hydrogens (tertiary/aromatic N) is 1. The Balaban J connectivity index is 2.47. The first-order valence-corrected chi connectivity index (χ1v) is 8.60. The van der Waals surface area contributed by atoms with E-state index in [1.807, 2.05) is 0 Å². The van der Waals surface area contributed by atoms with Crippen molar-refractivity contribution < 1.29 is 18.3 Å². The van der Waals surface area contributed by atoms with Crippen LogP contribution in [0, 0.1) is 0 Å². The fourth-order valence-corrected chi connectivity index (χ4v) is 3.14. The summed E-state index contributed by atoms with van der Waals surface area (Å²) < 4.78 is 22.1. The van der Waals surface area contributed by atoms with E-state index in [4.69, 9.17) is 5.73 Å². The number of nitrogens with two attached hydrogens (primary N) is 1. The predicted octanol–water partition coefficient (Wildman–Crippen LogP) is -0.488. The van der Waals surface area contributed by atoms with Crippen molar-refractivity contribution in [3.63, 3.8) is 0 Å². The third-order valence-corrected chi connectivity index (χ3v) is 4.54. The smallest absolute Gasteiger partial charge is 0.239 e. The van der Waals surface area contributed by atoms with Gasteiger partial charge in [0.15, 0.2) is 0 Å². The minimum atomic E-state index is -3.11. The van der Waals surface area contributed by atoms with Crippen LogP contribution in [0.15, 0.2) is 0 Å². The average Bonchev–Trinajstić information content (AvgIpc) is 2.70. The number of carbonyl (C=O) groups excluding carboxylic acids is 1. The summed E-state index contributed by atoms with van der Waals surface area (Å²) in [4.78, 5) is 13.4. The molecular weight excluding hydrogens is 268 g/mol. The molecule has 0 aromatic carbocycles. The summed E-state index contributed by atoms with van der Waals surface area (Å²) in [6.45, 7) is 0.262. The second kappa shape index (κ2) is 6.19. The molecule has 7 heteroatoms. The molecule has 0 aromatic rings. The first-order valence-electron chi connectivity index (χ1n) is 6.54. The zero-order chi connectivity index (χ0) is 14.7. The SMILES string of the molecule is CN(CC1(O)CCCC1)C(=O)C(N)CCS(C)(=O)=O. The predicted molar refractivity (Wildman–Crippen MR) is 73.4 cm³/mol. The highest BCUT2D eigenvalue weighted by atomic mass is 32.2. The van der Waals surface area contributed by atoms with Crippen LogP contribution < -0.4 is 5.73 Å². The molecule has 0 aliphatic heterocycles. The Hall–Kier alpha value is -0.660. The summed E-state index contributed by atoms with van der Waals surface area (Å²) in [6.07, 6.45) is 4.57. The van der Waals surface area contributed by atoms with Gasteiger partial charge in [0.1, 0.15) is 9.84 Å². The highest BCUT2D eigenvalue weighted by Gasteiger charge is 2.34. The zero-order valence-corrected chi connectivity index (χ0v) is 12.4. The average molecular weight is 292 g/mol. The van der Waals surface area contributed by atoms with Crippen LogP contribution in [0.2, 0.25) is 0 Å². The van der Waals surface area contributed by atoms with Crippen molar-refractivity contribution in [1.29, 1.82) is 0 Å². The molecule has 1 aliphatic carbocycles. The highest BCUT2D eigenvalue weighted by molar-refractivity contribution is 7.90. The highest BCUT2D eigenvalue weighted by Crippen LogP contribution is 2.29. The molecule has 1 rings (SSSR count). The lowest BCUT2D eigenvalue weighted by Gasteiger charge is -2.30. The van der Waals surface area contributed by atoms with E-state index in [2.05, 4.69) is 0 Å². The van der Waals surface area contributed by atoms with Gasteiger partial charge in [-0.3, -0.25) is 4.79 Å². The van der Waals surface area contributed by atoms with Gasteiger partial charge in [-0.25, -0.2) is 8.42 Å². The number of likely N-dealkylation sites (N-methyl/N-ethyl adjacent to an activating group) is 1. The second-order valence-corrected chi connectivity index (χ2v) is 7.91. The summed E-state index contributed by atoms with van der Waals surface area (Å²) in [5, 5.41) is 10.2. The lowest BCUT2D eigenvalue weighted by molar-refractivity contribution is -0.134. The van der Waals surface area contributed by atoms with Crippen molar-refractivity contribution in [2.75, 3.05) is 25.6 Å². The number of hydrogen-bond donors (Lipinski definition) is 2. The molecular formula is C12H24N2O4S. The van der Waals surface area contributed by atoms with Gasteiger partial charge in [-0.05, 0) is 19.3 Å². The molecule has 0 bridgehead atoms. The maximum atomic E-state index is 12.0. The van der Waals surface area contributed by atoms with Crippen LogP contribution in [0.4, 0.5) is 0 Å². The molecule has 0 spiro atoms. The molecule has 1 fully saturated rings. The Morgan fingerprint density at radius 2 is 1.95 bits per heavy atom. The van der Waals surface area contributed by atoms with Crippen LogP contribution in [-0.2, 0) is 14.6 Å². The van der Waals surface area contributed by atoms with Gasteiger partial charge in [-0.15, -0.1) is 0 Å². The molecule has 0 radical (unpaired) electrons. The number of hydrogen-bond acceptors (Lipinski definition) is 5. The summed E-state index contributed by atoms with van der Waals surface area (Å²) >= 11 is 0. The Labute approximate surface area is 114 Å². The van der Waals surface area contributed by atoms with E-state index in [-0.39, 0.29) is 24.6 Å². The minimum absolute atomic E-state index is 0.0992. The topological polar surface area (TPSA) is 101 Å². The molecule has 1 aliphatic rings. The Morgan fingerprint density at radius 1 is 1.42 bits per heavy atom. The van der Waals surface area contributed by atoms with Gasteiger partial charge < -0.3 is 15.7 Å². The van der Waals surface area contributed by atoms with Crippen molar-refractivity contribution in [1.82, 2.24) is 4.90 Å². The van der Waals surface area contributed by atoms with Gasteiger partial charge in [0.2, 0.25) is 5.91 Å². The number of rotatable bonds is 6. The fraction of sp³-hybridized carbons (Fsp3) is 0.917. The number of carbonyl (C=O) groups is 1. The van der Waals surface area contributed by atoms with Crippen LogP contribution in [0.1, 0.15) is 32.1 Å². The van der Waals surface area contributed by atoms with E-state index in [9.17, 15) is 18.3 Å². The third-order valence-electron chi connectivity index (χ3n) is 3.56. The molecule has 0 heterocycles. The maximum absolute atomic E-state index is 12.0. The largest absolute Gasteiger partial charge is 0.388 e. The standard InChI is InChI=1S/C12H24N2O4S/c1-14(9-12(16)6-3-4-7-12)11(15)10(13)5-8-19(2,17)18/h10,16H,3-9,13H2,1-2H3. The number of sulfone groups is 1. The van der Waals surface area contributed by atoms with Gasteiger partial charge in [-0.1, -0.05) is 12.8 Å². The summed E-state index contributed by atoms with van der Waals surface area (Å²) in [6, 6.07) is -0.829.